The maximum atomic E-state index is 12.6. The second-order valence-electron chi connectivity index (χ2n) is 2.43. The largest absolute Gasteiger partial charge is 0.373 e. The summed E-state index contributed by atoms with van der Waals surface area (Å²) in [6.07, 6.45) is 1.67. The van der Waals surface area contributed by atoms with Gasteiger partial charge in [0.05, 0.1) is 13.2 Å². The van der Waals surface area contributed by atoms with Crippen LogP contribution < -0.4 is 0 Å². The number of rotatable bonds is 4. The van der Waals surface area contributed by atoms with Gasteiger partial charge in [0.25, 0.3) is 0 Å². The molecule has 0 heterocycles. The van der Waals surface area contributed by atoms with Crippen molar-refractivity contribution in [1.29, 1.82) is 0 Å². The van der Waals surface area contributed by atoms with E-state index in [0.717, 1.165) is 5.56 Å². The van der Waals surface area contributed by atoms with Crippen LogP contribution in [0.3, 0.4) is 0 Å². The average molecular weight is 166 g/mol. The van der Waals surface area contributed by atoms with Gasteiger partial charge in [0.2, 0.25) is 0 Å². The van der Waals surface area contributed by atoms with E-state index >= 15 is 0 Å². The van der Waals surface area contributed by atoms with E-state index in [-0.39, 0.29) is 5.82 Å². The minimum Gasteiger partial charge on any atom is -0.373 e. The first-order valence-electron chi connectivity index (χ1n) is 3.76. The molecule has 0 atom stereocenters. The van der Waals surface area contributed by atoms with Crippen molar-refractivity contribution in [3.8, 4) is 0 Å². The van der Waals surface area contributed by atoms with Gasteiger partial charge in [-0.15, -0.1) is 6.58 Å². The van der Waals surface area contributed by atoms with Crippen molar-refractivity contribution in [2.24, 2.45) is 0 Å². The van der Waals surface area contributed by atoms with E-state index in [4.69, 9.17) is 4.74 Å². The van der Waals surface area contributed by atoms with Crippen LogP contribution in [0.2, 0.25) is 0 Å². The van der Waals surface area contributed by atoms with E-state index in [2.05, 4.69) is 6.58 Å². The molecule has 1 nitrogen and oxygen atoms in total. The van der Waals surface area contributed by atoms with Crippen molar-refractivity contribution in [3.63, 3.8) is 0 Å². The normalized spacial score (nSPS) is 9.75. The Morgan fingerprint density at radius 3 is 3.00 bits per heavy atom. The summed E-state index contributed by atoms with van der Waals surface area (Å²) in [4.78, 5) is 0. The Kier molecular flexibility index (Phi) is 3.48. The van der Waals surface area contributed by atoms with E-state index in [1.54, 1.807) is 12.1 Å². The fraction of sp³-hybridized carbons (Fsp3) is 0.200. The van der Waals surface area contributed by atoms with Gasteiger partial charge >= 0.3 is 0 Å². The van der Waals surface area contributed by atoms with Crippen LogP contribution in [0.5, 0.6) is 0 Å². The van der Waals surface area contributed by atoms with Crippen molar-refractivity contribution < 1.29 is 9.13 Å². The molecule has 0 radical (unpaired) electrons. The number of benzene rings is 1. The van der Waals surface area contributed by atoms with Crippen molar-refractivity contribution in [3.05, 3.63) is 48.3 Å². The fourth-order valence-corrected chi connectivity index (χ4v) is 0.887. The van der Waals surface area contributed by atoms with Gasteiger partial charge in [0.15, 0.2) is 0 Å². The molecule has 0 bridgehead atoms. The minimum atomic E-state index is -0.227. The van der Waals surface area contributed by atoms with Crippen LogP contribution in [-0.2, 0) is 11.3 Å². The molecule has 0 saturated heterocycles. The van der Waals surface area contributed by atoms with Crippen LogP contribution in [0.25, 0.3) is 0 Å². The Balaban J connectivity index is 2.46. The Labute approximate surface area is 71.5 Å². The molecule has 1 aromatic rings. The molecule has 1 aromatic carbocycles. The molecule has 0 N–H and O–H groups in total. The summed E-state index contributed by atoms with van der Waals surface area (Å²) in [5.74, 6) is -0.227. The Bertz CT molecular complexity index is 258. The molecule has 0 aromatic heterocycles. The van der Waals surface area contributed by atoms with Crippen LogP contribution in [0.15, 0.2) is 36.9 Å². The predicted octanol–water partition coefficient (Wildman–Crippen LogP) is 2.53. The lowest BCUT2D eigenvalue weighted by atomic mass is 10.2. The highest BCUT2D eigenvalue weighted by Gasteiger charge is 1.93. The average Bonchev–Trinajstić information content (AvgIpc) is 2.05. The Morgan fingerprint density at radius 2 is 2.33 bits per heavy atom. The van der Waals surface area contributed by atoms with E-state index in [1.807, 2.05) is 6.07 Å². The highest BCUT2D eigenvalue weighted by atomic mass is 19.1. The molecule has 64 valence electrons. The van der Waals surface area contributed by atoms with Crippen LogP contribution in [0, 0.1) is 5.82 Å². The van der Waals surface area contributed by atoms with Gasteiger partial charge in [-0.2, -0.15) is 0 Å². The van der Waals surface area contributed by atoms with E-state index in [1.165, 1.54) is 12.1 Å². The molecule has 2 heteroatoms. The summed E-state index contributed by atoms with van der Waals surface area (Å²) >= 11 is 0. The molecule has 1 rings (SSSR count). The van der Waals surface area contributed by atoms with Gasteiger partial charge < -0.3 is 4.74 Å². The molecular formula is C10H11FO. The molecule has 0 aliphatic heterocycles. The van der Waals surface area contributed by atoms with Crippen molar-refractivity contribution >= 4 is 0 Å². The van der Waals surface area contributed by atoms with Gasteiger partial charge in [-0.3, -0.25) is 0 Å². The second kappa shape index (κ2) is 4.67. The van der Waals surface area contributed by atoms with Gasteiger partial charge in [0, 0.05) is 0 Å². The summed E-state index contributed by atoms with van der Waals surface area (Å²) in [7, 11) is 0. The molecule has 0 unspecified atom stereocenters. The first kappa shape index (κ1) is 8.94. The molecule has 12 heavy (non-hydrogen) atoms. The lowest BCUT2D eigenvalue weighted by Crippen LogP contribution is -1.92. The van der Waals surface area contributed by atoms with E-state index < -0.39 is 0 Å². The lowest BCUT2D eigenvalue weighted by Gasteiger charge is -2.00. The van der Waals surface area contributed by atoms with Crippen LogP contribution in [-0.4, -0.2) is 6.61 Å². The second-order valence-corrected chi connectivity index (χ2v) is 2.43. The van der Waals surface area contributed by atoms with Crippen LogP contribution >= 0.6 is 0 Å². The highest BCUT2D eigenvalue weighted by Crippen LogP contribution is 2.04. The van der Waals surface area contributed by atoms with Crippen LogP contribution in [0.1, 0.15) is 5.56 Å². The summed E-state index contributed by atoms with van der Waals surface area (Å²) in [5.41, 5.74) is 0.844. The van der Waals surface area contributed by atoms with Crippen molar-refractivity contribution in [2.45, 2.75) is 6.61 Å². The van der Waals surface area contributed by atoms with Gasteiger partial charge in [-0.1, -0.05) is 18.2 Å². The summed E-state index contributed by atoms with van der Waals surface area (Å²) in [6.45, 7) is 4.44. The van der Waals surface area contributed by atoms with E-state index in [0.29, 0.717) is 13.2 Å². The summed E-state index contributed by atoms with van der Waals surface area (Å²) in [5, 5.41) is 0. The zero-order chi connectivity index (χ0) is 8.81. The van der Waals surface area contributed by atoms with Gasteiger partial charge in [-0.05, 0) is 17.7 Å². The zero-order valence-corrected chi connectivity index (χ0v) is 6.79. The predicted molar refractivity (Wildman–Crippen MR) is 46.3 cm³/mol. The number of hydrogen-bond donors (Lipinski definition) is 0. The quantitative estimate of drug-likeness (QED) is 0.493. The molecule has 0 aliphatic carbocycles. The van der Waals surface area contributed by atoms with Gasteiger partial charge in [-0.25, -0.2) is 4.39 Å². The van der Waals surface area contributed by atoms with Crippen LogP contribution in [0.4, 0.5) is 4.39 Å². The molecule has 0 aliphatic rings. The van der Waals surface area contributed by atoms with Crippen molar-refractivity contribution in [1.82, 2.24) is 0 Å². The van der Waals surface area contributed by atoms with Gasteiger partial charge in [0.1, 0.15) is 5.82 Å². The third-order valence-corrected chi connectivity index (χ3v) is 1.39. The maximum absolute atomic E-state index is 12.6. The first-order chi connectivity index (χ1) is 5.83. The monoisotopic (exact) mass is 166 g/mol. The Hall–Kier alpha value is -1.15. The van der Waals surface area contributed by atoms with E-state index in [9.17, 15) is 4.39 Å². The number of halogens is 1. The molecule has 0 fully saturated rings. The SMILES string of the molecule is C=CCOCc1cccc(F)c1. The summed E-state index contributed by atoms with van der Waals surface area (Å²) < 4.78 is 17.7. The minimum absolute atomic E-state index is 0.227. The highest BCUT2D eigenvalue weighted by molar-refractivity contribution is 5.15. The number of hydrogen-bond acceptors (Lipinski definition) is 1. The number of ether oxygens (including phenoxy) is 1. The summed E-state index contributed by atoms with van der Waals surface area (Å²) in [6, 6.07) is 6.37. The molecule has 0 spiro atoms. The topological polar surface area (TPSA) is 9.23 Å². The third-order valence-electron chi connectivity index (χ3n) is 1.39. The molecular weight excluding hydrogens is 155 g/mol. The lowest BCUT2D eigenvalue weighted by molar-refractivity contribution is 0.148. The first-order valence-corrected chi connectivity index (χ1v) is 3.76. The molecule has 0 amide bonds. The Morgan fingerprint density at radius 1 is 1.50 bits per heavy atom. The molecule has 0 saturated carbocycles. The maximum Gasteiger partial charge on any atom is 0.123 e. The fourth-order valence-electron chi connectivity index (χ4n) is 0.887. The zero-order valence-electron chi connectivity index (χ0n) is 6.79. The van der Waals surface area contributed by atoms with Crippen molar-refractivity contribution in [2.75, 3.05) is 6.61 Å². The standard InChI is InChI=1S/C10H11FO/c1-2-6-12-8-9-4-3-5-10(11)7-9/h2-5,7H,1,6,8H2. The third kappa shape index (κ3) is 2.84. The smallest absolute Gasteiger partial charge is 0.123 e.